The van der Waals surface area contributed by atoms with Crippen molar-refractivity contribution >= 4 is 19.8 Å². The molecule has 0 saturated carbocycles. The number of alkyl halides is 1. The van der Waals surface area contributed by atoms with E-state index in [9.17, 15) is 23.7 Å². The zero-order valence-electron chi connectivity index (χ0n) is 10.6. The second-order valence-corrected chi connectivity index (χ2v) is 5.87. The van der Waals surface area contributed by atoms with Crippen LogP contribution in [0, 0.1) is 0 Å². The van der Waals surface area contributed by atoms with Crippen LogP contribution in [0.15, 0.2) is 0 Å². The smallest absolute Gasteiger partial charge is 0.390 e. The first-order valence-electron chi connectivity index (χ1n) is 5.96. The van der Waals surface area contributed by atoms with Crippen LogP contribution in [-0.2, 0) is 18.6 Å². The molecule has 4 atom stereocenters. The Bertz CT molecular complexity index is 484. The van der Waals surface area contributed by atoms with Gasteiger partial charge in [0.25, 0.3) is 5.91 Å². The van der Waals surface area contributed by atoms with Gasteiger partial charge in [-0.05, 0) is 0 Å². The summed E-state index contributed by atoms with van der Waals surface area (Å²) in [5.41, 5.74) is 0. The molecular formula is C9H14FN2O8P. The number of carbonyl (C=O) groups is 2. The van der Waals surface area contributed by atoms with Gasteiger partial charge >= 0.3 is 13.9 Å². The Morgan fingerprint density at radius 1 is 1.48 bits per heavy atom. The van der Waals surface area contributed by atoms with Crippen LogP contribution in [0.25, 0.3) is 0 Å². The number of halogens is 1. The number of hydrogen-bond donors (Lipinski definition) is 4. The molecule has 2 aliphatic rings. The standard InChI is InChI=1S/C9H14FN2O8P/c10-4-2-12(9(15)11-8(4)14)7-1-5(13)6(20-7)3-19-21(16,17)18/h4-7,13H,1-3H2,(H,11,14,15)(H2,16,17,18)/t4-,5+,6-,7-/m1/s1. The highest BCUT2D eigenvalue weighted by Crippen LogP contribution is 2.37. The highest BCUT2D eigenvalue weighted by Gasteiger charge is 2.43. The first-order chi connectivity index (χ1) is 9.67. The van der Waals surface area contributed by atoms with Crippen LogP contribution in [0.5, 0.6) is 0 Å². The van der Waals surface area contributed by atoms with Crippen molar-refractivity contribution in [2.24, 2.45) is 0 Å². The monoisotopic (exact) mass is 328 g/mol. The molecule has 0 unspecified atom stereocenters. The minimum atomic E-state index is -4.72. The highest BCUT2D eigenvalue weighted by molar-refractivity contribution is 7.46. The first kappa shape index (κ1) is 16.3. The largest absolute Gasteiger partial charge is 0.469 e. The molecule has 0 aromatic carbocycles. The molecule has 0 aromatic heterocycles. The van der Waals surface area contributed by atoms with E-state index < -0.39 is 57.5 Å². The van der Waals surface area contributed by atoms with E-state index in [1.807, 2.05) is 0 Å². The first-order valence-corrected chi connectivity index (χ1v) is 7.49. The Morgan fingerprint density at radius 2 is 2.14 bits per heavy atom. The van der Waals surface area contributed by atoms with Crippen molar-refractivity contribution in [2.75, 3.05) is 13.2 Å². The SMILES string of the molecule is O=C1NC(=O)N([C@H]2C[C@H](O)[C@@H](COP(=O)(O)O)O2)C[C@H]1F. The summed E-state index contributed by atoms with van der Waals surface area (Å²) in [6, 6.07) is -0.859. The van der Waals surface area contributed by atoms with Crippen molar-refractivity contribution in [3.63, 3.8) is 0 Å². The van der Waals surface area contributed by atoms with Gasteiger partial charge in [0, 0.05) is 6.42 Å². The molecule has 2 rings (SSSR count). The number of rotatable bonds is 4. The normalized spacial score (nSPS) is 34.2. The minimum Gasteiger partial charge on any atom is -0.390 e. The van der Waals surface area contributed by atoms with Crippen LogP contribution < -0.4 is 5.32 Å². The summed E-state index contributed by atoms with van der Waals surface area (Å²) in [5, 5.41) is 11.5. The maximum Gasteiger partial charge on any atom is 0.469 e. The van der Waals surface area contributed by atoms with Crippen molar-refractivity contribution in [3.8, 4) is 0 Å². The predicted octanol–water partition coefficient (Wildman–Crippen LogP) is -1.54. The van der Waals surface area contributed by atoms with E-state index in [0.717, 1.165) is 4.90 Å². The number of phosphoric ester groups is 1. The lowest BCUT2D eigenvalue weighted by atomic mass is 10.1. The summed E-state index contributed by atoms with van der Waals surface area (Å²) in [4.78, 5) is 40.6. The number of imide groups is 1. The second kappa shape index (κ2) is 5.95. The van der Waals surface area contributed by atoms with Crippen LogP contribution in [-0.4, -0.2) is 69.5 Å². The fourth-order valence-corrected chi connectivity index (χ4v) is 2.41. The molecule has 0 aromatic rings. The number of aliphatic hydroxyl groups excluding tert-OH is 1. The summed E-state index contributed by atoms with van der Waals surface area (Å²) in [6.45, 7) is -1.11. The molecule has 4 N–H and O–H groups in total. The van der Waals surface area contributed by atoms with Gasteiger partial charge in [-0.2, -0.15) is 0 Å². The van der Waals surface area contributed by atoms with Gasteiger partial charge in [-0.3, -0.25) is 19.5 Å². The number of urea groups is 1. The maximum atomic E-state index is 13.3. The fourth-order valence-electron chi connectivity index (χ4n) is 2.07. The fraction of sp³-hybridized carbons (Fsp3) is 0.778. The van der Waals surface area contributed by atoms with Gasteiger partial charge in [0.15, 0.2) is 6.17 Å². The molecule has 2 saturated heterocycles. The summed E-state index contributed by atoms with van der Waals surface area (Å²) in [7, 11) is -4.72. The topological polar surface area (TPSA) is 146 Å². The summed E-state index contributed by atoms with van der Waals surface area (Å²) < 4.78 is 33.3. The molecule has 2 heterocycles. The number of carbonyl (C=O) groups excluding carboxylic acids is 2. The van der Waals surface area contributed by atoms with Gasteiger partial charge in [-0.1, -0.05) is 0 Å². The number of nitrogens with zero attached hydrogens (tertiary/aromatic N) is 1. The molecule has 21 heavy (non-hydrogen) atoms. The minimum absolute atomic E-state index is 0.0937. The van der Waals surface area contributed by atoms with Crippen molar-refractivity contribution in [1.29, 1.82) is 0 Å². The molecule has 12 heteroatoms. The summed E-state index contributed by atoms with van der Waals surface area (Å²) in [6.07, 6.45) is -5.24. The molecule has 3 amide bonds. The van der Waals surface area contributed by atoms with E-state index in [2.05, 4.69) is 4.52 Å². The highest BCUT2D eigenvalue weighted by atomic mass is 31.2. The quantitative estimate of drug-likeness (QED) is 0.454. The number of ether oxygens (including phenoxy) is 1. The number of amides is 3. The summed E-state index contributed by atoms with van der Waals surface area (Å²) >= 11 is 0. The Morgan fingerprint density at radius 3 is 2.76 bits per heavy atom. The molecule has 0 spiro atoms. The van der Waals surface area contributed by atoms with Crippen LogP contribution in [0.1, 0.15) is 6.42 Å². The van der Waals surface area contributed by atoms with E-state index in [0.29, 0.717) is 0 Å². The van der Waals surface area contributed by atoms with Crippen LogP contribution in [0.4, 0.5) is 9.18 Å². The Balaban J connectivity index is 1.95. The van der Waals surface area contributed by atoms with Crippen molar-refractivity contribution in [2.45, 2.75) is 31.0 Å². The van der Waals surface area contributed by atoms with Crippen LogP contribution >= 0.6 is 7.82 Å². The third-order valence-corrected chi connectivity index (χ3v) is 3.58. The van der Waals surface area contributed by atoms with Crippen molar-refractivity contribution in [3.05, 3.63) is 0 Å². The van der Waals surface area contributed by atoms with Gasteiger partial charge in [0.05, 0.1) is 19.3 Å². The lowest BCUT2D eigenvalue weighted by molar-refractivity contribution is -0.130. The van der Waals surface area contributed by atoms with Gasteiger partial charge in [-0.15, -0.1) is 0 Å². The average molecular weight is 328 g/mol. The molecule has 0 radical (unpaired) electrons. The lowest BCUT2D eigenvalue weighted by Crippen LogP contribution is -2.58. The Hall–Kier alpha value is -1.10. The lowest BCUT2D eigenvalue weighted by Gasteiger charge is -2.32. The Labute approximate surface area is 118 Å². The van der Waals surface area contributed by atoms with Crippen LogP contribution in [0.2, 0.25) is 0 Å². The van der Waals surface area contributed by atoms with Crippen molar-refractivity contribution in [1.82, 2.24) is 10.2 Å². The van der Waals surface area contributed by atoms with Crippen molar-refractivity contribution < 1.29 is 42.7 Å². The summed E-state index contributed by atoms with van der Waals surface area (Å²) in [5.74, 6) is -1.05. The molecule has 2 fully saturated rings. The third-order valence-electron chi connectivity index (χ3n) is 3.09. The molecule has 0 bridgehead atoms. The van der Waals surface area contributed by atoms with E-state index >= 15 is 0 Å². The molecule has 10 nitrogen and oxygen atoms in total. The number of nitrogens with one attached hydrogen (secondary N) is 1. The third kappa shape index (κ3) is 3.96. The maximum absolute atomic E-state index is 13.3. The van der Waals surface area contributed by atoms with E-state index in [1.54, 1.807) is 5.32 Å². The average Bonchev–Trinajstić information content (AvgIpc) is 2.72. The zero-order valence-corrected chi connectivity index (χ0v) is 11.5. The van der Waals surface area contributed by atoms with E-state index in [1.165, 1.54) is 0 Å². The number of hydrogen-bond acceptors (Lipinski definition) is 6. The van der Waals surface area contributed by atoms with Gasteiger partial charge < -0.3 is 19.6 Å². The second-order valence-electron chi connectivity index (χ2n) is 4.63. The van der Waals surface area contributed by atoms with E-state index in [-0.39, 0.29) is 6.42 Å². The molecule has 0 aliphatic carbocycles. The number of phosphoric acid groups is 1. The molecule has 120 valence electrons. The van der Waals surface area contributed by atoms with Gasteiger partial charge in [-0.25, -0.2) is 13.8 Å². The van der Waals surface area contributed by atoms with Crippen LogP contribution in [0.3, 0.4) is 0 Å². The molecule has 2 aliphatic heterocycles. The van der Waals surface area contributed by atoms with E-state index in [4.69, 9.17) is 14.5 Å². The number of aliphatic hydroxyl groups is 1. The molecular weight excluding hydrogens is 314 g/mol. The van der Waals surface area contributed by atoms with Gasteiger partial charge in [0.2, 0.25) is 0 Å². The van der Waals surface area contributed by atoms with Gasteiger partial charge in [0.1, 0.15) is 12.3 Å². The Kier molecular flexibility index (Phi) is 4.61. The zero-order chi connectivity index (χ0) is 15.8. The predicted molar refractivity (Wildman–Crippen MR) is 62.4 cm³/mol.